The second-order valence-corrected chi connectivity index (χ2v) is 11.2. The third-order valence-electron chi connectivity index (χ3n) is 8.27. The van der Waals surface area contributed by atoms with Gasteiger partial charge in [0.05, 0.1) is 23.2 Å². The van der Waals surface area contributed by atoms with Crippen LogP contribution in [0.5, 0.6) is 0 Å². The lowest BCUT2D eigenvalue weighted by Gasteiger charge is -2.40. The van der Waals surface area contributed by atoms with Crippen molar-refractivity contribution in [3.63, 3.8) is 0 Å². The number of rotatable bonds is 2. The Hall–Kier alpha value is -4.12. The van der Waals surface area contributed by atoms with E-state index in [9.17, 15) is 9.59 Å². The summed E-state index contributed by atoms with van der Waals surface area (Å²) in [5.74, 6) is -0.414. The Labute approximate surface area is 241 Å². The number of carbonyl (C=O) groups excluding carboxylic acids is 1. The SMILES string of the molecule is CN1c2c(cccc2-c2ccccc2Cl)C(=O)C2C=c3c(c(=O)c4cccc(-c5ccccc5Cl)c4n3C)=CC21. The van der Waals surface area contributed by atoms with Gasteiger partial charge in [-0.3, -0.25) is 9.59 Å². The summed E-state index contributed by atoms with van der Waals surface area (Å²) >= 11 is 13.2. The number of halogens is 2. The number of benzene rings is 4. The van der Waals surface area contributed by atoms with Gasteiger partial charge < -0.3 is 9.47 Å². The Morgan fingerprint density at radius 1 is 0.650 bits per heavy atom. The maximum absolute atomic E-state index is 14.1. The molecular weight excluding hydrogens is 539 g/mol. The van der Waals surface area contributed by atoms with E-state index in [1.807, 2.05) is 116 Å². The molecular formula is C34H24Cl2N2O2. The van der Waals surface area contributed by atoms with Crippen molar-refractivity contribution in [1.82, 2.24) is 4.57 Å². The molecule has 196 valence electrons. The van der Waals surface area contributed by atoms with Gasteiger partial charge in [-0.25, -0.2) is 0 Å². The summed E-state index contributed by atoms with van der Waals surface area (Å²) in [6.07, 6.45) is 3.93. The van der Waals surface area contributed by atoms with Crippen molar-refractivity contribution in [2.45, 2.75) is 6.04 Å². The third kappa shape index (κ3) is 3.53. The van der Waals surface area contributed by atoms with Gasteiger partial charge in [0.25, 0.3) is 0 Å². The van der Waals surface area contributed by atoms with Gasteiger partial charge in [0, 0.05) is 67.9 Å². The van der Waals surface area contributed by atoms with Crippen molar-refractivity contribution in [3.8, 4) is 22.3 Å². The van der Waals surface area contributed by atoms with Crippen molar-refractivity contribution in [2.24, 2.45) is 13.0 Å². The number of nitrogens with zero attached hydrogens (tertiary/aromatic N) is 2. The number of hydrogen-bond donors (Lipinski definition) is 0. The molecule has 2 heterocycles. The first kappa shape index (κ1) is 24.9. The van der Waals surface area contributed by atoms with Crippen molar-refractivity contribution in [1.29, 1.82) is 0 Å². The molecule has 40 heavy (non-hydrogen) atoms. The fourth-order valence-electron chi connectivity index (χ4n) is 6.38. The summed E-state index contributed by atoms with van der Waals surface area (Å²) in [6, 6.07) is 26.5. The van der Waals surface area contributed by atoms with Crippen molar-refractivity contribution in [2.75, 3.05) is 11.9 Å². The maximum atomic E-state index is 14.1. The number of aromatic nitrogens is 1. The summed E-state index contributed by atoms with van der Waals surface area (Å²) < 4.78 is 2.03. The van der Waals surface area contributed by atoms with Crippen LogP contribution < -0.4 is 20.9 Å². The van der Waals surface area contributed by atoms with Gasteiger partial charge in [-0.05, 0) is 36.4 Å². The van der Waals surface area contributed by atoms with Gasteiger partial charge in [-0.2, -0.15) is 0 Å². The summed E-state index contributed by atoms with van der Waals surface area (Å²) in [7, 11) is 3.94. The van der Waals surface area contributed by atoms with Gasteiger partial charge in [0.2, 0.25) is 0 Å². The van der Waals surface area contributed by atoms with Gasteiger partial charge in [0.15, 0.2) is 11.2 Å². The van der Waals surface area contributed by atoms with E-state index in [-0.39, 0.29) is 17.3 Å². The first-order chi connectivity index (χ1) is 19.4. The van der Waals surface area contributed by atoms with Crippen LogP contribution in [0.2, 0.25) is 10.0 Å². The van der Waals surface area contributed by atoms with Crippen molar-refractivity contribution in [3.05, 3.63) is 121 Å². The first-order valence-electron chi connectivity index (χ1n) is 13.1. The molecule has 7 rings (SSSR count). The van der Waals surface area contributed by atoms with E-state index in [0.29, 0.717) is 26.2 Å². The molecule has 0 fully saturated rings. The number of carbonyl (C=O) groups is 1. The van der Waals surface area contributed by atoms with Crippen molar-refractivity contribution < 1.29 is 4.79 Å². The Morgan fingerprint density at radius 3 is 1.93 bits per heavy atom. The average Bonchev–Trinajstić information content (AvgIpc) is 2.98. The maximum Gasteiger partial charge on any atom is 0.196 e. The standard InChI is InChI=1S/C34H24Cl2N2O2/c1-37-29-17-26-30(38(2)32-22(12-8-14-24(32)34(26)40)20-10-4-6-16-28(20)36)18-25(29)33(39)23-13-7-11-21(31(23)37)19-9-3-5-15-27(19)35/h3-18,25,29H,1-2H3. The quantitative estimate of drug-likeness (QED) is 0.262. The highest BCUT2D eigenvalue weighted by Crippen LogP contribution is 2.43. The molecule has 2 aliphatic rings. The van der Waals surface area contributed by atoms with E-state index >= 15 is 0 Å². The molecule has 1 aromatic heterocycles. The Morgan fingerprint density at radius 2 is 1.23 bits per heavy atom. The lowest BCUT2D eigenvalue weighted by atomic mass is 9.80. The molecule has 0 N–H and O–H groups in total. The zero-order valence-corrected chi connectivity index (χ0v) is 23.4. The summed E-state index contributed by atoms with van der Waals surface area (Å²) in [4.78, 5) is 30.2. The van der Waals surface area contributed by atoms with Crippen LogP contribution in [0.15, 0.2) is 89.7 Å². The van der Waals surface area contributed by atoms with Crippen LogP contribution in [0, 0.1) is 5.92 Å². The van der Waals surface area contributed by atoms with Gasteiger partial charge >= 0.3 is 0 Å². The van der Waals surface area contributed by atoms with Crippen LogP contribution >= 0.6 is 23.2 Å². The topological polar surface area (TPSA) is 42.3 Å². The lowest BCUT2D eigenvalue weighted by Crippen LogP contribution is -2.55. The molecule has 2 unspecified atom stereocenters. The molecule has 6 heteroatoms. The highest BCUT2D eigenvalue weighted by Gasteiger charge is 2.39. The number of ketones is 1. The van der Waals surface area contributed by atoms with Crippen molar-refractivity contribution >= 4 is 57.7 Å². The van der Waals surface area contributed by atoms with Crippen LogP contribution in [-0.2, 0) is 7.05 Å². The van der Waals surface area contributed by atoms with Crippen LogP contribution in [0.1, 0.15) is 10.4 Å². The van der Waals surface area contributed by atoms with Crippen LogP contribution in [-0.4, -0.2) is 23.4 Å². The predicted molar refractivity (Wildman–Crippen MR) is 165 cm³/mol. The molecule has 5 aromatic rings. The van der Waals surface area contributed by atoms with E-state index in [2.05, 4.69) is 4.90 Å². The smallest absolute Gasteiger partial charge is 0.196 e. The Balaban J connectivity index is 1.48. The van der Waals surface area contributed by atoms with Gasteiger partial charge in [0.1, 0.15) is 0 Å². The first-order valence-corrected chi connectivity index (χ1v) is 13.9. The highest BCUT2D eigenvalue weighted by atomic mass is 35.5. The van der Waals surface area contributed by atoms with E-state index in [4.69, 9.17) is 23.2 Å². The number of para-hydroxylation sites is 2. The monoisotopic (exact) mass is 562 g/mol. The molecule has 4 nitrogen and oxygen atoms in total. The molecule has 0 amide bonds. The number of pyridine rings is 1. The fraction of sp³-hybridized carbons (Fsp3) is 0.118. The fourth-order valence-corrected chi connectivity index (χ4v) is 6.86. The Bertz CT molecular complexity index is 2080. The molecule has 0 saturated heterocycles. The zero-order chi connectivity index (χ0) is 27.7. The highest BCUT2D eigenvalue weighted by molar-refractivity contribution is 6.34. The normalized spacial score (nSPS) is 17.5. The zero-order valence-electron chi connectivity index (χ0n) is 21.9. The van der Waals surface area contributed by atoms with E-state index in [0.717, 1.165) is 38.8 Å². The van der Waals surface area contributed by atoms with Gasteiger partial charge in [-0.15, -0.1) is 0 Å². The van der Waals surface area contributed by atoms with Gasteiger partial charge in [-0.1, -0.05) is 83.9 Å². The second-order valence-electron chi connectivity index (χ2n) is 10.4. The summed E-state index contributed by atoms with van der Waals surface area (Å²) in [5.41, 5.74) is 5.71. The number of Topliss-reactive ketones (excluding diaryl/α,β-unsaturated/α-hetero) is 1. The minimum Gasteiger partial charge on any atom is -0.366 e. The number of anilines is 1. The molecule has 4 aromatic carbocycles. The molecule has 1 aliphatic heterocycles. The van der Waals surface area contributed by atoms with Crippen LogP contribution in [0.25, 0.3) is 45.3 Å². The van der Waals surface area contributed by atoms with E-state index in [1.165, 1.54) is 0 Å². The largest absolute Gasteiger partial charge is 0.366 e. The predicted octanol–water partition coefficient (Wildman–Crippen LogP) is 6.07. The molecule has 2 atom stereocenters. The lowest BCUT2D eigenvalue weighted by molar-refractivity contribution is 0.0940. The number of hydrogen-bond acceptors (Lipinski definition) is 3. The number of aryl methyl sites for hydroxylation is 1. The molecule has 1 aliphatic carbocycles. The molecule has 0 bridgehead atoms. The molecule has 0 saturated carbocycles. The van der Waals surface area contributed by atoms with Crippen LogP contribution in [0.3, 0.4) is 0 Å². The van der Waals surface area contributed by atoms with E-state index in [1.54, 1.807) is 0 Å². The van der Waals surface area contributed by atoms with Crippen LogP contribution in [0.4, 0.5) is 5.69 Å². The minimum absolute atomic E-state index is 0.0286. The minimum atomic E-state index is -0.443. The third-order valence-corrected chi connectivity index (χ3v) is 8.93. The average molecular weight is 563 g/mol. The number of fused-ring (bicyclic) bond motifs is 4. The Kier molecular flexibility index (Phi) is 5.74. The summed E-state index contributed by atoms with van der Waals surface area (Å²) in [6.45, 7) is 0. The summed E-state index contributed by atoms with van der Waals surface area (Å²) in [5, 5.41) is 3.20. The second kappa shape index (κ2) is 9.22. The molecule has 0 radical (unpaired) electrons. The van der Waals surface area contributed by atoms with E-state index < -0.39 is 5.92 Å². The molecule has 0 spiro atoms.